The van der Waals surface area contributed by atoms with Crippen molar-refractivity contribution in [3.05, 3.63) is 46.6 Å². The summed E-state index contributed by atoms with van der Waals surface area (Å²) in [6.07, 6.45) is -9.33. The average molecular weight is 548 g/mol. The lowest BCUT2D eigenvalue weighted by Crippen LogP contribution is -2.60. The zero-order valence-electron chi connectivity index (χ0n) is 20.2. The minimum absolute atomic E-state index is 0.0396. The molecule has 4 rings (SSSR count). The third-order valence-electron chi connectivity index (χ3n) is 5.87. The Bertz CT molecular complexity index is 1450. The van der Waals surface area contributed by atoms with E-state index in [1.54, 1.807) is 0 Å². The van der Waals surface area contributed by atoms with E-state index in [1.807, 2.05) is 0 Å². The molecule has 39 heavy (non-hydrogen) atoms. The highest BCUT2D eigenvalue weighted by atomic mass is 16.7. The largest absolute Gasteiger partial charge is 0.507 e. The first-order valence-electron chi connectivity index (χ1n) is 11.4. The first kappa shape index (κ1) is 27.7. The lowest BCUT2D eigenvalue weighted by atomic mass is 9.99. The van der Waals surface area contributed by atoms with Crippen molar-refractivity contribution < 1.29 is 63.6 Å². The van der Waals surface area contributed by atoms with Gasteiger partial charge in [-0.2, -0.15) is 0 Å². The number of carboxylic acids is 1. The molecule has 2 heterocycles. The van der Waals surface area contributed by atoms with Gasteiger partial charge in [0.05, 0.1) is 7.11 Å². The topological polar surface area (TPSA) is 223 Å². The van der Waals surface area contributed by atoms with Crippen LogP contribution in [-0.2, 0) is 19.1 Å². The van der Waals surface area contributed by atoms with Crippen LogP contribution in [0.5, 0.6) is 23.0 Å². The number of ether oxygens (including phenoxy) is 4. The van der Waals surface area contributed by atoms with Crippen molar-refractivity contribution >= 4 is 22.9 Å². The minimum Gasteiger partial charge on any atom is -0.507 e. The molecule has 0 bridgehead atoms. The van der Waals surface area contributed by atoms with Crippen LogP contribution < -0.4 is 14.9 Å². The number of esters is 1. The zero-order chi connectivity index (χ0) is 28.4. The molecule has 208 valence electrons. The maximum atomic E-state index is 12.7. The highest BCUT2D eigenvalue weighted by Gasteiger charge is 2.45. The molecule has 1 aliphatic rings. The molecule has 5 unspecified atom stereocenters. The highest BCUT2D eigenvalue weighted by molar-refractivity contribution is 5.90. The summed E-state index contributed by atoms with van der Waals surface area (Å²) in [5, 5.41) is 59.8. The maximum absolute atomic E-state index is 12.7. The number of carbonyl (C=O) groups excluding carboxylic acids is 1. The maximum Gasteiger partial charge on any atom is 0.317 e. The van der Waals surface area contributed by atoms with E-state index in [1.165, 1.54) is 31.4 Å². The SMILES string of the molecule is COc1ccc(-c2cc(=O)c3c(O)cc(OC4OC(COC(=O)CC(=O)O)C(O)C(O)C4O)cc3o2)cc1O. The monoisotopic (exact) mass is 548 g/mol. The number of hydrogen-bond donors (Lipinski definition) is 6. The fourth-order valence-electron chi connectivity index (χ4n) is 3.93. The van der Waals surface area contributed by atoms with Gasteiger partial charge in [-0.05, 0) is 18.2 Å². The van der Waals surface area contributed by atoms with Gasteiger partial charge in [0.15, 0.2) is 16.9 Å². The number of carboxylic acid groups (broad SMARTS) is 1. The van der Waals surface area contributed by atoms with Gasteiger partial charge in [-0.25, -0.2) is 0 Å². The highest BCUT2D eigenvalue weighted by Crippen LogP contribution is 2.35. The summed E-state index contributed by atoms with van der Waals surface area (Å²) >= 11 is 0. The van der Waals surface area contributed by atoms with Gasteiger partial charge in [0, 0.05) is 23.8 Å². The zero-order valence-corrected chi connectivity index (χ0v) is 20.2. The fourth-order valence-corrected chi connectivity index (χ4v) is 3.93. The number of aliphatic hydroxyl groups is 3. The van der Waals surface area contributed by atoms with Crippen molar-refractivity contribution in [2.75, 3.05) is 13.7 Å². The normalized spacial score (nSPS) is 22.8. The first-order chi connectivity index (χ1) is 18.5. The number of rotatable bonds is 8. The van der Waals surface area contributed by atoms with Gasteiger partial charge in [-0.3, -0.25) is 14.4 Å². The van der Waals surface area contributed by atoms with Gasteiger partial charge in [0.25, 0.3) is 0 Å². The van der Waals surface area contributed by atoms with E-state index >= 15 is 0 Å². The molecule has 0 spiro atoms. The molecule has 0 saturated carbocycles. The van der Waals surface area contributed by atoms with E-state index in [-0.39, 0.29) is 34.0 Å². The molecule has 1 aromatic heterocycles. The van der Waals surface area contributed by atoms with Crippen LogP contribution in [0, 0.1) is 0 Å². The number of carbonyl (C=O) groups is 2. The predicted molar refractivity (Wildman–Crippen MR) is 128 cm³/mol. The number of aromatic hydroxyl groups is 2. The molecule has 3 aromatic rings. The van der Waals surface area contributed by atoms with E-state index < -0.39 is 66.9 Å². The van der Waals surface area contributed by atoms with Gasteiger partial charge in [-0.15, -0.1) is 0 Å². The van der Waals surface area contributed by atoms with Gasteiger partial charge in [-0.1, -0.05) is 0 Å². The number of aliphatic carboxylic acids is 1. The molecule has 0 aliphatic carbocycles. The van der Waals surface area contributed by atoms with Gasteiger partial charge in [0.2, 0.25) is 6.29 Å². The van der Waals surface area contributed by atoms with Crippen LogP contribution in [0.25, 0.3) is 22.3 Å². The Labute approximate surface area is 218 Å². The van der Waals surface area contributed by atoms with Crippen molar-refractivity contribution in [3.8, 4) is 34.3 Å². The Morgan fingerprint density at radius 2 is 1.72 bits per heavy atom. The summed E-state index contributed by atoms with van der Waals surface area (Å²) in [4.78, 5) is 34.9. The fraction of sp³-hybridized carbons (Fsp3) is 0.320. The van der Waals surface area contributed by atoms with Crippen molar-refractivity contribution in [1.29, 1.82) is 0 Å². The Kier molecular flexibility index (Phi) is 7.92. The second-order valence-electron chi connectivity index (χ2n) is 8.56. The minimum atomic E-state index is -1.81. The molecule has 1 aliphatic heterocycles. The van der Waals surface area contributed by atoms with Crippen LogP contribution in [0.15, 0.2) is 45.6 Å². The summed E-state index contributed by atoms with van der Waals surface area (Å²) in [5.41, 5.74) is -0.421. The number of aliphatic hydroxyl groups excluding tert-OH is 3. The quantitative estimate of drug-likeness (QED) is 0.162. The Morgan fingerprint density at radius 3 is 2.38 bits per heavy atom. The molecule has 14 heteroatoms. The van der Waals surface area contributed by atoms with E-state index in [0.29, 0.717) is 5.56 Å². The lowest BCUT2D eigenvalue weighted by Gasteiger charge is -2.39. The molecule has 1 saturated heterocycles. The third-order valence-corrected chi connectivity index (χ3v) is 5.87. The second-order valence-corrected chi connectivity index (χ2v) is 8.56. The van der Waals surface area contributed by atoms with E-state index in [4.69, 9.17) is 28.5 Å². The standard InChI is InChI=1S/C25H24O14/c1-35-15-3-2-10(4-12(15)26)16-7-14(28)21-13(27)5-11(6-17(21)38-16)37-25-24(34)23(33)22(32)18(39-25)9-36-20(31)8-19(29)30/h2-7,18,22-27,32-34H,8-9H2,1H3,(H,29,30). The molecule has 2 aromatic carbocycles. The molecule has 14 nitrogen and oxygen atoms in total. The van der Waals surface area contributed by atoms with Crippen LogP contribution in [0.4, 0.5) is 0 Å². The summed E-state index contributed by atoms with van der Waals surface area (Å²) in [5.74, 6) is -3.23. The smallest absolute Gasteiger partial charge is 0.317 e. The summed E-state index contributed by atoms with van der Waals surface area (Å²) in [7, 11) is 1.37. The Balaban J connectivity index is 1.60. The van der Waals surface area contributed by atoms with Crippen LogP contribution in [-0.4, -0.2) is 87.0 Å². The van der Waals surface area contributed by atoms with Crippen molar-refractivity contribution in [3.63, 3.8) is 0 Å². The Hall–Kier alpha value is -4.37. The second kappa shape index (κ2) is 11.2. The van der Waals surface area contributed by atoms with Crippen LogP contribution in [0.2, 0.25) is 0 Å². The lowest BCUT2D eigenvalue weighted by molar-refractivity contribution is -0.278. The summed E-state index contributed by atoms with van der Waals surface area (Å²) < 4.78 is 26.5. The summed E-state index contributed by atoms with van der Waals surface area (Å²) in [6.45, 7) is -0.660. The van der Waals surface area contributed by atoms with Gasteiger partial charge >= 0.3 is 11.9 Å². The van der Waals surface area contributed by atoms with Gasteiger partial charge < -0.3 is 54.0 Å². The van der Waals surface area contributed by atoms with Crippen LogP contribution in [0.3, 0.4) is 0 Å². The van der Waals surface area contributed by atoms with Crippen LogP contribution in [0.1, 0.15) is 6.42 Å². The third kappa shape index (κ3) is 5.88. The van der Waals surface area contributed by atoms with Crippen LogP contribution >= 0.6 is 0 Å². The molecular formula is C25H24O14. The number of hydrogen-bond acceptors (Lipinski definition) is 13. The van der Waals surface area contributed by atoms with Crippen molar-refractivity contribution in [2.24, 2.45) is 0 Å². The number of phenolic OH excluding ortho intramolecular Hbond substituents is 2. The molecule has 0 radical (unpaired) electrons. The molecule has 5 atom stereocenters. The van der Waals surface area contributed by atoms with E-state index in [2.05, 4.69) is 0 Å². The Morgan fingerprint density at radius 1 is 0.974 bits per heavy atom. The van der Waals surface area contributed by atoms with E-state index in [9.17, 15) is 39.9 Å². The number of phenols is 2. The molecule has 1 fully saturated rings. The number of methoxy groups -OCH3 is 1. The molecular weight excluding hydrogens is 524 g/mol. The van der Waals surface area contributed by atoms with E-state index in [0.717, 1.165) is 12.1 Å². The van der Waals surface area contributed by atoms with Crippen molar-refractivity contribution in [2.45, 2.75) is 37.1 Å². The molecule has 0 amide bonds. The number of fused-ring (bicyclic) bond motifs is 1. The first-order valence-corrected chi connectivity index (χ1v) is 11.4. The average Bonchev–Trinajstić information content (AvgIpc) is 2.87. The summed E-state index contributed by atoms with van der Waals surface area (Å²) in [6, 6.07) is 7.66. The molecule has 6 N–H and O–H groups in total. The predicted octanol–water partition coefficient (Wildman–Crippen LogP) is 0.0841. The van der Waals surface area contributed by atoms with Crippen molar-refractivity contribution in [1.82, 2.24) is 0 Å². The van der Waals surface area contributed by atoms with Gasteiger partial charge in [0.1, 0.15) is 65.7 Å². The number of benzene rings is 2.